The molecule has 0 heterocycles. The van der Waals surface area contributed by atoms with E-state index >= 15 is 0 Å². The number of nitrogens with two attached hydrogens (primary N) is 1. The highest BCUT2D eigenvalue weighted by Gasteiger charge is 2.16. The van der Waals surface area contributed by atoms with Gasteiger partial charge in [-0.1, -0.05) is 40.5 Å². The highest BCUT2D eigenvalue weighted by molar-refractivity contribution is 5.91. The van der Waals surface area contributed by atoms with E-state index in [1.165, 1.54) is 12.8 Å². The number of carbonyl (C=O) groups is 2. The van der Waals surface area contributed by atoms with Gasteiger partial charge in [-0.2, -0.15) is 0 Å². The Labute approximate surface area is 197 Å². The number of hydrogen-bond donors (Lipinski definition) is 2. The number of unbranched alkanes of at least 4 members (excludes halogenated alkanes) is 4. The molecule has 0 fully saturated rings. The van der Waals surface area contributed by atoms with Gasteiger partial charge in [-0.3, -0.25) is 24.4 Å². The summed E-state index contributed by atoms with van der Waals surface area (Å²) in [7, 11) is 0. The van der Waals surface area contributed by atoms with Crippen molar-refractivity contribution < 1.29 is 9.59 Å². The highest BCUT2D eigenvalue weighted by Crippen LogP contribution is 2.03. The molecule has 188 valence electrons. The molecule has 0 aliphatic carbocycles. The summed E-state index contributed by atoms with van der Waals surface area (Å²) in [5.41, 5.74) is 5.54. The third kappa shape index (κ3) is 15.5. The number of rotatable bonds is 20. The Morgan fingerprint density at radius 2 is 1.38 bits per heavy atom. The van der Waals surface area contributed by atoms with Gasteiger partial charge in [-0.15, -0.1) is 0 Å². The topological polar surface area (TPSA) is 91.0 Å². The summed E-state index contributed by atoms with van der Waals surface area (Å²) in [6, 6.07) is -0.234. The van der Waals surface area contributed by atoms with Crippen molar-refractivity contribution >= 4 is 17.4 Å². The van der Waals surface area contributed by atoms with Crippen molar-refractivity contribution in [2.45, 2.75) is 86.1 Å². The Morgan fingerprint density at radius 1 is 0.844 bits per heavy atom. The second-order valence-corrected chi connectivity index (χ2v) is 9.07. The first kappa shape index (κ1) is 30.7. The first-order valence-corrected chi connectivity index (χ1v) is 12.7. The lowest BCUT2D eigenvalue weighted by molar-refractivity contribution is -0.123. The summed E-state index contributed by atoms with van der Waals surface area (Å²) in [6.07, 6.45) is 6.53. The first-order chi connectivity index (χ1) is 15.2. The van der Waals surface area contributed by atoms with E-state index in [4.69, 9.17) is 5.73 Å². The maximum atomic E-state index is 12.6. The average molecular weight is 454 g/mol. The van der Waals surface area contributed by atoms with E-state index in [1.54, 1.807) is 0 Å². The highest BCUT2D eigenvalue weighted by atomic mass is 16.1. The molecule has 0 saturated carbocycles. The summed E-state index contributed by atoms with van der Waals surface area (Å²) in [5.74, 6) is 1.42. The molecule has 0 rings (SSSR count). The quantitative estimate of drug-likeness (QED) is 0.167. The minimum absolute atomic E-state index is 0.0952. The summed E-state index contributed by atoms with van der Waals surface area (Å²) in [6.45, 7) is 18.1. The Balaban J connectivity index is 4.18. The molecule has 32 heavy (non-hydrogen) atoms. The van der Waals surface area contributed by atoms with E-state index in [0.717, 1.165) is 70.8 Å². The van der Waals surface area contributed by atoms with Crippen LogP contribution in [0.15, 0.2) is 4.99 Å². The van der Waals surface area contributed by atoms with Crippen LogP contribution in [-0.4, -0.2) is 85.6 Å². The third-order valence-electron chi connectivity index (χ3n) is 5.87. The van der Waals surface area contributed by atoms with Crippen LogP contribution < -0.4 is 11.1 Å². The number of likely N-dealkylation sites (N-methyl/N-ethyl adjacent to an activating group) is 2. The average Bonchev–Trinajstić information content (AvgIpc) is 2.76. The molecule has 1 atom stereocenters. The molecular weight excluding hydrogens is 402 g/mol. The second-order valence-electron chi connectivity index (χ2n) is 9.07. The monoisotopic (exact) mass is 453 g/mol. The van der Waals surface area contributed by atoms with Crippen LogP contribution in [0, 0.1) is 5.92 Å². The molecule has 0 radical (unpaired) electrons. The summed E-state index contributed by atoms with van der Waals surface area (Å²) in [5, 5.41) is 3.25. The van der Waals surface area contributed by atoms with Crippen LogP contribution in [0.5, 0.6) is 0 Å². The zero-order valence-electron chi connectivity index (χ0n) is 21.8. The lowest BCUT2D eigenvalue weighted by atomic mass is 10.1. The van der Waals surface area contributed by atoms with E-state index in [1.807, 2.05) is 27.7 Å². The van der Waals surface area contributed by atoms with E-state index in [-0.39, 0.29) is 17.7 Å². The van der Waals surface area contributed by atoms with Gasteiger partial charge < -0.3 is 11.1 Å². The SMILES string of the molecule is CCN(CCCCN=C(C)NC(C)C(=O)CN(CC)CCCCCCN)CC(=O)C(C)C. The van der Waals surface area contributed by atoms with Crippen molar-refractivity contribution in [2.24, 2.45) is 16.6 Å². The van der Waals surface area contributed by atoms with Crippen LogP contribution in [0.4, 0.5) is 0 Å². The molecule has 0 aromatic heterocycles. The number of carbonyl (C=O) groups excluding carboxylic acids is 2. The van der Waals surface area contributed by atoms with Crippen LogP contribution in [0.3, 0.4) is 0 Å². The fourth-order valence-electron chi connectivity index (χ4n) is 3.42. The van der Waals surface area contributed by atoms with E-state index < -0.39 is 0 Å². The molecule has 7 heteroatoms. The van der Waals surface area contributed by atoms with Gasteiger partial charge in [0, 0.05) is 12.5 Å². The van der Waals surface area contributed by atoms with Crippen LogP contribution >= 0.6 is 0 Å². The third-order valence-corrected chi connectivity index (χ3v) is 5.87. The van der Waals surface area contributed by atoms with Gasteiger partial charge in [-0.25, -0.2) is 0 Å². The summed E-state index contributed by atoms with van der Waals surface area (Å²) < 4.78 is 0. The van der Waals surface area contributed by atoms with Crippen molar-refractivity contribution in [2.75, 3.05) is 52.4 Å². The fraction of sp³-hybridized carbons (Fsp3) is 0.880. The Hall–Kier alpha value is -1.31. The lowest BCUT2D eigenvalue weighted by Crippen LogP contribution is -2.43. The van der Waals surface area contributed by atoms with Gasteiger partial charge in [0.05, 0.1) is 25.0 Å². The van der Waals surface area contributed by atoms with Crippen molar-refractivity contribution in [3.63, 3.8) is 0 Å². The summed E-state index contributed by atoms with van der Waals surface area (Å²) in [4.78, 5) is 33.5. The zero-order valence-corrected chi connectivity index (χ0v) is 21.8. The Bertz CT molecular complexity index is 536. The molecule has 0 spiro atoms. The van der Waals surface area contributed by atoms with E-state index in [9.17, 15) is 9.59 Å². The van der Waals surface area contributed by atoms with E-state index in [0.29, 0.717) is 18.9 Å². The van der Waals surface area contributed by atoms with Gasteiger partial charge in [0.25, 0.3) is 0 Å². The predicted molar refractivity (Wildman–Crippen MR) is 136 cm³/mol. The van der Waals surface area contributed by atoms with Gasteiger partial charge in [0.2, 0.25) is 0 Å². The number of aliphatic imine (C=N–C) groups is 1. The smallest absolute Gasteiger partial charge is 0.168 e. The van der Waals surface area contributed by atoms with Gasteiger partial charge in [-0.05, 0) is 72.3 Å². The maximum Gasteiger partial charge on any atom is 0.168 e. The second kappa shape index (κ2) is 19.2. The normalized spacial score (nSPS) is 13.2. The number of nitrogens with zero attached hydrogens (tertiary/aromatic N) is 3. The van der Waals surface area contributed by atoms with Gasteiger partial charge in [0.1, 0.15) is 5.78 Å². The van der Waals surface area contributed by atoms with Crippen LogP contribution in [0.25, 0.3) is 0 Å². The molecular formula is C25H51N5O2. The molecule has 3 N–H and O–H groups in total. The van der Waals surface area contributed by atoms with E-state index in [2.05, 4.69) is 34.0 Å². The van der Waals surface area contributed by atoms with Gasteiger partial charge >= 0.3 is 0 Å². The van der Waals surface area contributed by atoms with Crippen LogP contribution in [0.1, 0.15) is 80.1 Å². The first-order valence-electron chi connectivity index (χ1n) is 12.7. The molecule has 0 bridgehead atoms. The van der Waals surface area contributed by atoms with Crippen molar-refractivity contribution in [1.29, 1.82) is 0 Å². The van der Waals surface area contributed by atoms with Crippen molar-refractivity contribution in [1.82, 2.24) is 15.1 Å². The summed E-state index contributed by atoms with van der Waals surface area (Å²) >= 11 is 0. The number of amidine groups is 1. The minimum Gasteiger partial charge on any atom is -0.364 e. The number of nitrogens with one attached hydrogen (secondary N) is 1. The fourth-order valence-corrected chi connectivity index (χ4v) is 3.42. The van der Waals surface area contributed by atoms with Crippen LogP contribution in [0.2, 0.25) is 0 Å². The molecule has 0 aliphatic rings. The lowest BCUT2D eigenvalue weighted by Gasteiger charge is -2.22. The molecule has 0 aromatic carbocycles. The predicted octanol–water partition coefficient (Wildman–Crippen LogP) is 3.12. The van der Waals surface area contributed by atoms with Gasteiger partial charge in [0.15, 0.2) is 5.78 Å². The largest absolute Gasteiger partial charge is 0.364 e. The van der Waals surface area contributed by atoms with Crippen molar-refractivity contribution in [3.8, 4) is 0 Å². The molecule has 1 unspecified atom stereocenters. The Morgan fingerprint density at radius 3 is 1.91 bits per heavy atom. The molecule has 0 amide bonds. The van der Waals surface area contributed by atoms with Crippen LogP contribution in [-0.2, 0) is 9.59 Å². The number of ketones is 2. The Kier molecular flexibility index (Phi) is 18.4. The molecule has 0 saturated heterocycles. The standard InChI is InChI=1S/C25H51N5O2/c1-7-29(19-24(31)21(3)4)18-14-12-16-27-23(6)28-22(5)25(32)20-30(8-2)17-13-10-9-11-15-26/h21-22H,7-20,26H2,1-6H3,(H,27,28). The molecule has 7 nitrogen and oxygen atoms in total. The molecule has 0 aromatic rings. The number of hydrogen-bond acceptors (Lipinski definition) is 6. The molecule has 0 aliphatic heterocycles. The number of Topliss-reactive ketones (excluding diaryl/α,β-unsaturated/α-hetero) is 2. The minimum atomic E-state index is -0.234. The maximum absolute atomic E-state index is 12.6. The zero-order chi connectivity index (χ0) is 24.4. The van der Waals surface area contributed by atoms with Crippen molar-refractivity contribution in [3.05, 3.63) is 0 Å².